The zero-order valence-corrected chi connectivity index (χ0v) is 13.4. The van der Waals surface area contributed by atoms with E-state index in [1.54, 1.807) is 6.20 Å². The van der Waals surface area contributed by atoms with Gasteiger partial charge in [-0.25, -0.2) is 4.98 Å². The molecule has 0 radical (unpaired) electrons. The van der Waals surface area contributed by atoms with Crippen LogP contribution in [0.1, 0.15) is 21.5 Å². The Morgan fingerprint density at radius 1 is 1.60 bits per heavy atom. The topological polar surface area (TPSA) is 50.2 Å². The van der Waals surface area contributed by atoms with E-state index in [0.717, 1.165) is 28.3 Å². The molecule has 0 spiro atoms. The van der Waals surface area contributed by atoms with Gasteiger partial charge in [-0.3, -0.25) is 4.79 Å². The van der Waals surface area contributed by atoms with Crippen LogP contribution in [0.4, 0.5) is 0 Å². The monoisotopic (exact) mass is 354 g/mol. The third-order valence-corrected chi connectivity index (χ3v) is 5.30. The van der Waals surface area contributed by atoms with E-state index in [4.69, 9.17) is 0 Å². The van der Waals surface area contributed by atoms with Crippen molar-refractivity contribution >= 4 is 33.2 Å². The zero-order valence-electron chi connectivity index (χ0n) is 11.0. The van der Waals surface area contributed by atoms with Crippen molar-refractivity contribution < 1.29 is 4.79 Å². The van der Waals surface area contributed by atoms with E-state index in [1.165, 1.54) is 11.3 Å². The number of nitrogens with zero attached hydrogens (tertiary/aromatic N) is 3. The molecule has 3 rings (SSSR count). The Hall–Kier alpha value is -1.18. The first-order valence-electron chi connectivity index (χ1n) is 6.40. The molecule has 106 valence electrons. The Bertz CT molecular complexity index is 623. The minimum absolute atomic E-state index is 0.0229. The van der Waals surface area contributed by atoms with Crippen LogP contribution in [0.25, 0.3) is 0 Å². The van der Waals surface area contributed by atoms with Crippen molar-refractivity contribution in [2.24, 2.45) is 7.05 Å². The summed E-state index contributed by atoms with van der Waals surface area (Å²) in [5.41, 5.74) is 0. The molecule has 1 aliphatic rings. The van der Waals surface area contributed by atoms with E-state index < -0.39 is 0 Å². The van der Waals surface area contributed by atoms with Gasteiger partial charge in [-0.2, -0.15) is 0 Å². The number of piperazine rings is 1. The van der Waals surface area contributed by atoms with Gasteiger partial charge in [0.25, 0.3) is 5.91 Å². The summed E-state index contributed by atoms with van der Waals surface area (Å²) in [5, 5.41) is 5.27. The fourth-order valence-electron chi connectivity index (χ4n) is 2.45. The SMILES string of the molecule is Cn1ccnc1C1CNCCN1C(=O)c1sccc1Br. The van der Waals surface area contributed by atoms with Gasteiger partial charge in [-0.15, -0.1) is 11.3 Å². The number of aromatic nitrogens is 2. The van der Waals surface area contributed by atoms with Crippen LogP contribution in [-0.2, 0) is 7.05 Å². The Balaban J connectivity index is 1.92. The second-order valence-corrected chi connectivity index (χ2v) is 6.48. The number of carbonyl (C=O) groups is 1. The van der Waals surface area contributed by atoms with Crippen molar-refractivity contribution in [2.75, 3.05) is 19.6 Å². The van der Waals surface area contributed by atoms with Crippen molar-refractivity contribution in [2.45, 2.75) is 6.04 Å². The van der Waals surface area contributed by atoms with Crippen LogP contribution >= 0.6 is 27.3 Å². The predicted octanol–water partition coefficient (Wildman–Crippen LogP) is 2.03. The number of hydrogen-bond donors (Lipinski definition) is 1. The lowest BCUT2D eigenvalue weighted by Crippen LogP contribution is -2.49. The lowest BCUT2D eigenvalue weighted by molar-refractivity contribution is 0.0625. The van der Waals surface area contributed by atoms with Gasteiger partial charge < -0.3 is 14.8 Å². The summed E-state index contributed by atoms with van der Waals surface area (Å²) in [6.07, 6.45) is 3.68. The van der Waals surface area contributed by atoms with Gasteiger partial charge >= 0.3 is 0 Å². The van der Waals surface area contributed by atoms with Crippen molar-refractivity contribution in [1.82, 2.24) is 19.8 Å². The maximum atomic E-state index is 12.7. The van der Waals surface area contributed by atoms with Gasteiger partial charge in [-0.05, 0) is 27.4 Å². The van der Waals surface area contributed by atoms with Crippen LogP contribution in [0.3, 0.4) is 0 Å². The molecule has 1 N–H and O–H groups in total. The number of rotatable bonds is 2. The molecule has 0 saturated carbocycles. The highest BCUT2D eigenvalue weighted by molar-refractivity contribution is 9.10. The van der Waals surface area contributed by atoms with E-state index in [-0.39, 0.29) is 11.9 Å². The summed E-state index contributed by atoms with van der Waals surface area (Å²) >= 11 is 4.91. The number of imidazole rings is 1. The van der Waals surface area contributed by atoms with Crippen molar-refractivity contribution in [3.63, 3.8) is 0 Å². The van der Waals surface area contributed by atoms with E-state index >= 15 is 0 Å². The third kappa shape index (κ3) is 2.41. The number of carbonyl (C=O) groups excluding carboxylic acids is 1. The molecule has 5 nitrogen and oxygen atoms in total. The third-order valence-electron chi connectivity index (χ3n) is 3.47. The highest BCUT2D eigenvalue weighted by Crippen LogP contribution is 2.28. The molecule has 0 bridgehead atoms. The first kappa shape index (κ1) is 13.8. The van der Waals surface area contributed by atoms with Gasteiger partial charge in [0.15, 0.2) is 0 Å². The van der Waals surface area contributed by atoms with Crippen LogP contribution in [0.15, 0.2) is 28.3 Å². The molecular weight excluding hydrogens is 340 g/mol. The summed E-state index contributed by atoms with van der Waals surface area (Å²) in [4.78, 5) is 19.8. The van der Waals surface area contributed by atoms with E-state index in [0.29, 0.717) is 6.54 Å². The normalized spacial score (nSPS) is 19.3. The Kier molecular flexibility index (Phi) is 3.91. The number of thiophene rings is 1. The van der Waals surface area contributed by atoms with E-state index in [2.05, 4.69) is 26.2 Å². The van der Waals surface area contributed by atoms with Crippen LogP contribution < -0.4 is 5.32 Å². The standard InChI is InChI=1S/C13H15BrN4OS/c1-17-5-4-16-12(17)10-8-15-3-6-18(10)13(19)11-9(14)2-7-20-11/h2,4-5,7,10,15H,3,6,8H2,1H3. The molecular formula is C13H15BrN4OS. The molecule has 2 aromatic rings. The van der Waals surface area contributed by atoms with Gasteiger partial charge in [0, 0.05) is 43.5 Å². The second kappa shape index (κ2) is 5.67. The molecule has 1 aliphatic heterocycles. The largest absolute Gasteiger partial charge is 0.336 e. The minimum atomic E-state index is -0.0229. The highest BCUT2D eigenvalue weighted by atomic mass is 79.9. The number of nitrogens with one attached hydrogen (secondary N) is 1. The average molecular weight is 355 g/mol. The second-order valence-electron chi connectivity index (χ2n) is 4.71. The molecule has 20 heavy (non-hydrogen) atoms. The summed E-state index contributed by atoms with van der Waals surface area (Å²) < 4.78 is 2.84. The van der Waals surface area contributed by atoms with E-state index in [1.807, 2.05) is 34.2 Å². The summed E-state index contributed by atoms with van der Waals surface area (Å²) in [6, 6.07) is 1.89. The molecule has 1 fully saturated rings. The Morgan fingerprint density at radius 2 is 2.45 bits per heavy atom. The highest BCUT2D eigenvalue weighted by Gasteiger charge is 2.32. The van der Waals surface area contributed by atoms with Crippen molar-refractivity contribution in [1.29, 1.82) is 0 Å². The minimum Gasteiger partial charge on any atom is -0.336 e. The number of halogens is 1. The van der Waals surface area contributed by atoms with Crippen molar-refractivity contribution in [3.8, 4) is 0 Å². The van der Waals surface area contributed by atoms with Gasteiger partial charge in [-0.1, -0.05) is 0 Å². The number of hydrogen-bond acceptors (Lipinski definition) is 4. The maximum absolute atomic E-state index is 12.7. The summed E-state index contributed by atoms with van der Waals surface area (Å²) in [6.45, 7) is 2.25. The molecule has 1 amide bonds. The molecule has 3 heterocycles. The summed E-state index contributed by atoms with van der Waals surface area (Å²) in [5.74, 6) is 0.986. The van der Waals surface area contributed by atoms with Gasteiger partial charge in [0.05, 0.1) is 0 Å². The first-order chi connectivity index (χ1) is 9.68. The van der Waals surface area contributed by atoms with Crippen LogP contribution in [-0.4, -0.2) is 40.0 Å². The average Bonchev–Trinajstić information content (AvgIpc) is 3.06. The zero-order chi connectivity index (χ0) is 14.1. The van der Waals surface area contributed by atoms with Crippen molar-refractivity contribution in [3.05, 3.63) is 39.0 Å². The maximum Gasteiger partial charge on any atom is 0.265 e. The predicted molar refractivity (Wildman–Crippen MR) is 81.9 cm³/mol. The van der Waals surface area contributed by atoms with Crippen LogP contribution in [0.5, 0.6) is 0 Å². The van der Waals surface area contributed by atoms with Crippen LogP contribution in [0, 0.1) is 0 Å². The van der Waals surface area contributed by atoms with E-state index in [9.17, 15) is 4.79 Å². The Morgan fingerprint density at radius 3 is 3.10 bits per heavy atom. The van der Waals surface area contributed by atoms with Gasteiger partial charge in [0.1, 0.15) is 16.7 Å². The van der Waals surface area contributed by atoms with Gasteiger partial charge in [0.2, 0.25) is 0 Å². The molecule has 0 aromatic carbocycles. The Labute approximate surface area is 129 Å². The molecule has 7 heteroatoms. The first-order valence-corrected chi connectivity index (χ1v) is 8.07. The molecule has 1 saturated heterocycles. The number of amides is 1. The quantitative estimate of drug-likeness (QED) is 0.897. The smallest absolute Gasteiger partial charge is 0.265 e. The molecule has 0 aliphatic carbocycles. The van der Waals surface area contributed by atoms with Crippen LogP contribution in [0.2, 0.25) is 0 Å². The number of aryl methyl sites for hydroxylation is 1. The summed E-state index contributed by atoms with van der Waals surface area (Å²) in [7, 11) is 1.96. The molecule has 1 atom stereocenters. The fraction of sp³-hybridized carbons (Fsp3) is 0.385. The lowest BCUT2D eigenvalue weighted by atomic mass is 10.1. The molecule has 1 unspecified atom stereocenters. The molecule has 2 aromatic heterocycles. The fourth-order valence-corrected chi connectivity index (χ4v) is 3.95. The lowest BCUT2D eigenvalue weighted by Gasteiger charge is -2.35.